The van der Waals surface area contributed by atoms with Crippen LogP contribution in [0.3, 0.4) is 0 Å². The summed E-state index contributed by atoms with van der Waals surface area (Å²) >= 11 is 0. The average molecular weight is 167 g/mol. The SMILES string of the molecule is CC1C2CC3CC(=O)OC1C3N2. The number of ether oxygens (including phenoxy) is 1. The number of fused-ring (bicyclic) bond motifs is 1. The van der Waals surface area contributed by atoms with Crippen LogP contribution in [0.25, 0.3) is 0 Å². The summed E-state index contributed by atoms with van der Waals surface area (Å²) in [6.45, 7) is 2.18. The Morgan fingerprint density at radius 1 is 1.58 bits per heavy atom. The largest absolute Gasteiger partial charge is 0.460 e. The lowest BCUT2D eigenvalue weighted by atomic mass is 9.77. The lowest BCUT2D eigenvalue weighted by molar-refractivity contribution is -0.161. The summed E-state index contributed by atoms with van der Waals surface area (Å²) in [6, 6.07) is 1.08. The lowest BCUT2D eigenvalue weighted by Crippen LogP contribution is -2.46. The van der Waals surface area contributed by atoms with E-state index in [1.807, 2.05) is 0 Å². The minimum absolute atomic E-state index is 0.00949. The summed E-state index contributed by atoms with van der Waals surface area (Å²) in [6.07, 6.45) is 1.99. The molecule has 0 saturated carbocycles. The number of hydrogen-bond acceptors (Lipinski definition) is 3. The molecule has 3 aliphatic rings. The Balaban J connectivity index is 1.94. The van der Waals surface area contributed by atoms with E-state index in [-0.39, 0.29) is 12.1 Å². The van der Waals surface area contributed by atoms with Gasteiger partial charge in [0.15, 0.2) is 0 Å². The van der Waals surface area contributed by atoms with Gasteiger partial charge in [-0.2, -0.15) is 0 Å². The quantitative estimate of drug-likeness (QED) is 0.527. The van der Waals surface area contributed by atoms with Gasteiger partial charge in [0.1, 0.15) is 6.10 Å². The summed E-state index contributed by atoms with van der Waals surface area (Å²) < 4.78 is 5.32. The highest BCUT2D eigenvalue weighted by Gasteiger charge is 2.55. The van der Waals surface area contributed by atoms with Crippen LogP contribution in [0.4, 0.5) is 0 Å². The molecule has 0 aliphatic carbocycles. The van der Waals surface area contributed by atoms with Crippen molar-refractivity contribution < 1.29 is 9.53 Å². The van der Waals surface area contributed by atoms with E-state index in [1.54, 1.807) is 0 Å². The molecule has 3 heteroatoms. The highest BCUT2D eigenvalue weighted by molar-refractivity contribution is 5.71. The van der Waals surface area contributed by atoms with E-state index in [0.29, 0.717) is 30.3 Å². The van der Waals surface area contributed by atoms with Gasteiger partial charge in [0, 0.05) is 18.0 Å². The fraction of sp³-hybridized carbons (Fsp3) is 0.889. The summed E-state index contributed by atoms with van der Waals surface area (Å²) in [4.78, 5) is 11.1. The van der Waals surface area contributed by atoms with E-state index in [1.165, 1.54) is 6.42 Å². The molecule has 0 aromatic rings. The molecule has 5 atom stereocenters. The molecule has 3 nitrogen and oxygen atoms in total. The maximum absolute atomic E-state index is 11.1. The van der Waals surface area contributed by atoms with Crippen molar-refractivity contribution in [2.24, 2.45) is 11.8 Å². The maximum atomic E-state index is 11.1. The van der Waals surface area contributed by atoms with Crippen LogP contribution in [0.1, 0.15) is 19.8 Å². The van der Waals surface area contributed by atoms with E-state index in [4.69, 9.17) is 4.74 Å². The summed E-state index contributed by atoms with van der Waals surface area (Å²) in [5.41, 5.74) is 0. The predicted molar refractivity (Wildman–Crippen MR) is 42.5 cm³/mol. The molecule has 5 unspecified atom stereocenters. The van der Waals surface area contributed by atoms with Crippen LogP contribution in [-0.2, 0) is 9.53 Å². The molecule has 3 saturated heterocycles. The Labute approximate surface area is 71.5 Å². The van der Waals surface area contributed by atoms with Gasteiger partial charge in [0.05, 0.1) is 6.42 Å². The standard InChI is InChI=1S/C9H13NO2/c1-4-6-2-5-3-7(11)12-9(4)8(5)10-6/h4-6,8-10H,2-3H2,1H3. The van der Waals surface area contributed by atoms with Gasteiger partial charge < -0.3 is 10.1 Å². The molecule has 1 N–H and O–H groups in total. The normalized spacial score (nSPS) is 55.8. The second-order valence-corrected chi connectivity index (χ2v) is 4.31. The second kappa shape index (κ2) is 2.02. The first kappa shape index (κ1) is 6.89. The van der Waals surface area contributed by atoms with Gasteiger partial charge >= 0.3 is 5.97 Å². The topological polar surface area (TPSA) is 38.3 Å². The molecule has 3 fully saturated rings. The first-order valence-electron chi connectivity index (χ1n) is 4.71. The minimum atomic E-state index is 0.00949. The molecule has 0 aromatic heterocycles. The summed E-state index contributed by atoms with van der Waals surface area (Å²) in [5, 5.41) is 3.52. The van der Waals surface area contributed by atoms with Gasteiger partial charge in [-0.1, -0.05) is 6.92 Å². The molecule has 3 aliphatic heterocycles. The summed E-state index contributed by atoms with van der Waals surface area (Å²) in [5.74, 6) is 1.10. The lowest BCUT2D eigenvalue weighted by Gasteiger charge is -2.36. The van der Waals surface area contributed by atoms with Crippen molar-refractivity contribution in [2.75, 3.05) is 0 Å². The van der Waals surface area contributed by atoms with Gasteiger partial charge in [0.25, 0.3) is 0 Å². The molecule has 12 heavy (non-hydrogen) atoms. The Kier molecular flexibility index (Phi) is 1.16. The van der Waals surface area contributed by atoms with E-state index in [9.17, 15) is 4.79 Å². The molecule has 0 aromatic carbocycles. The zero-order valence-corrected chi connectivity index (χ0v) is 7.12. The van der Waals surface area contributed by atoms with E-state index < -0.39 is 0 Å². The van der Waals surface area contributed by atoms with Crippen LogP contribution in [-0.4, -0.2) is 24.2 Å². The molecular weight excluding hydrogens is 154 g/mol. The Hall–Kier alpha value is -0.570. The number of esters is 1. The third kappa shape index (κ3) is 0.678. The van der Waals surface area contributed by atoms with E-state index in [0.717, 1.165) is 0 Å². The highest BCUT2D eigenvalue weighted by Crippen LogP contribution is 2.43. The number of hydrogen-bond donors (Lipinski definition) is 1. The van der Waals surface area contributed by atoms with Crippen LogP contribution in [0.5, 0.6) is 0 Å². The van der Waals surface area contributed by atoms with Gasteiger partial charge in [-0.15, -0.1) is 0 Å². The number of carbonyl (C=O) groups excluding carboxylic acids is 1. The fourth-order valence-electron chi connectivity index (χ4n) is 3.01. The van der Waals surface area contributed by atoms with Crippen LogP contribution >= 0.6 is 0 Å². The number of carbonyl (C=O) groups is 1. The first-order valence-corrected chi connectivity index (χ1v) is 4.71. The molecule has 0 spiro atoms. The van der Waals surface area contributed by atoms with Gasteiger partial charge in [-0.3, -0.25) is 4.79 Å². The summed E-state index contributed by atoms with van der Waals surface area (Å²) in [7, 11) is 0. The minimum Gasteiger partial charge on any atom is -0.460 e. The van der Waals surface area contributed by atoms with E-state index >= 15 is 0 Å². The van der Waals surface area contributed by atoms with Crippen LogP contribution in [0, 0.1) is 11.8 Å². The average Bonchev–Trinajstić information content (AvgIpc) is 2.53. The van der Waals surface area contributed by atoms with Crippen molar-refractivity contribution in [3.63, 3.8) is 0 Å². The molecule has 0 radical (unpaired) electrons. The third-order valence-corrected chi connectivity index (χ3v) is 3.67. The van der Waals surface area contributed by atoms with Gasteiger partial charge in [-0.05, 0) is 12.3 Å². The number of rotatable bonds is 0. The van der Waals surface area contributed by atoms with Crippen molar-refractivity contribution in [3.05, 3.63) is 0 Å². The molecule has 2 bridgehead atoms. The third-order valence-electron chi connectivity index (χ3n) is 3.67. The van der Waals surface area contributed by atoms with Crippen LogP contribution < -0.4 is 5.32 Å². The smallest absolute Gasteiger partial charge is 0.306 e. The zero-order valence-electron chi connectivity index (χ0n) is 7.12. The molecule has 66 valence electrons. The monoisotopic (exact) mass is 167 g/mol. The van der Waals surface area contributed by atoms with Gasteiger partial charge in [0.2, 0.25) is 0 Å². The Bertz CT molecular complexity index is 241. The van der Waals surface area contributed by atoms with Crippen LogP contribution in [0.2, 0.25) is 0 Å². The zero-order chi connectivity index (χ0) is 8.29. The Morgan fingerprint density at radius 2 is 2.42 bits per heavy atom. The highest BCUT2D eigenvalue weighted by atomic mass is 16.5. The predicted octanol–water partition coefficient (Wildman–Crippen LogP) is 0.298. The van der Waals surface area contributed by atoms with Crippen molar-refractivity contribution in [1.82, 2.24) is 5.32 Å². The molecule has 3 rings (SSSR count). The molecular formula is C9H13NO2. The maximum Gasteiger partial charge on any atom is 0.306 e. The molecule has 0 amide bonds. The van der Waals surface area contributed by atoms with Crippen LogP contribution in [0.15, 0.2) is 0 Å². The first-order chi connectivity index (χ1) is 5.75. The van der Waals surface area contributed by atoms with Gasteiger partial charge in [-0.25, -0.2) is 0 Å². The second-order valence-electron chi connectivity index (χ2n) is 4.31. The Morgan fingerprint density at radius 3 is 3.17 bits per heavy atom. The number of nitrogens with one attached hydrogen (secondary N) is 1. The van der Waals surface area contributed by atoms with Crippen molar-refractivity contribution in [2.45, 2.75) is 38.0 Å². The van der Waals surface area contributed by atoms with Crippen molar-refractivity contribution in [3.8, 4) is 0 Å². The van der Waals surface area contributed by atoms with Crippen molar-refractivity contribution in [1.29, 1.82) is 0 Å². The molecule has 3 heterocycles. The fourth-order valence-corrected chi connectivity index (χ4v) is 3.01. The van der Waals surface area contributed by atoms with Crippen molar-refractivity contribution >= 4 is 5.97 Å². The van der Waals surface area contributed by atoms with E-state index in [2.05, 4.69) is 12.2 Å².